The molecule has 1 saturated heterocycles. The van der Waals surface area contributed by atoms with Gasteiger partial charge < -0.3 is 20.9 Å². The third-order valence-electron chi connectivity index (χ3n) is 4.02. The topological polar surface area (TPSA) is 73.5 Å². The van der Waals surface area contributed by atoms with Crippen LogP contribution in [-0.2, 0) is 0 Å². The van der Waals surface area contributed by atoms with E-state index in [0.29, 0.717) is 23.7 Å². The number of benzene rings is 1. The lowest BCUT2D eigenvalue weighted by Crippen LogP contribution is -2.33. The van der Waals surface area contributed by atoms with Gasteiger partial charge in [0, 0.05) is 31.9 Å². The molecule has 1 aliphatic rings. The third-order valence-corrected chi connectivity index (χ3v) is 4.02. The van der Waals surface area contributed by atoms with Crippen molar-refractivity contribution >= 4 is 30.0 Å². The van der Waals surface area contributed by atoms with Gasteiger partial charge in [0.25, 0.3) is 5.91 Å². The van der Waals surface area contributed by atoms with E-state index >= 15 is 0 Å². The fraction of sp³-hybridized carbons (Fsp3) is 0.529. The Kier molecular flexibility index (Phi) is 8.57. The Hall–Kier alpha value is -1.79. The van der Waals surface area contributed by atoms with Gasteiger partial charge in [0.15, 0.2) is 0 Å². The summed E-state index contributed by atoms with van der Waals surface area (Å²) < 4.78 is 0. The van der Waals surface area contributed by atoms with Crippen LogP contribution in [0.1, 0.15) is 29.6 Å². The molecule has 1 fully saturated rings. The van der Waals surface area contributed by atoms with Gasteiger partial charge in [0.05, 0.1) is 0 Å². The molecule has 3 N–H and O–H groups in total. The van der Waals surface area contributed by atoms with Crippen molar-refractivity contribution in [2.24, 2.45) is 5.92 Å². The molecular weight excluding hydrogens is 328 g/mol. The highest BCUT2D eigenvalue weighted by molar-refractivity contribution is 5.96. The van der Waals surface area contributed by atoms with Crippen LogP contribution in [0.15, 0.2) is 24.3 Å². The van der Waals surface area contributed by atoms with Gasteiger partial charge in [-0.1, -0.05) is 6.07 Å². The zero-order chi connectivity index (χ0) is 16.7. The molecule has 0 aliphatic carbocycles. The number of carbonyl (C=O) groups is 2. The lowest BCUT2D eigenvalue weighted by atomic mass is 9.96. The van der Waals surface area contributed by atoms with Crippen LogP contribution in [0.3, 0.4) is 0 Å². The Balaban J connectivity index is 0.00000288. The molecule has 0 aromatic heterocycles. The van der Waals surface area contributed by atoms with Crippen molar-refractivity contribution in [3.05, 3.63) is 29.8 Å². The molecule has 0 saturated carbocycles. The van der Waals surface area contributed by atoms with Crippen molar-refractivity contribution in [1.29, 1.82) is 0 Å². The molecule has 1 aromatic carbocycles. The van der Waals surface area contributed by atoms with Gasteiger partial charge >= 0.3 is 6.03 Å². The Bertz CT molecular complexity index is 545. The molecule has 7 heteroatoms. The van der Waals surface area contributed by atoms with Gasteiger partial charge in [0.2, 0.25) is 0 Å². The van der Waals surface area contributed by atoms with E-state index in [-0.39, 0.29) is 24.3 Å². The minimum atomic E-state index is -0.215. The third kappa shape index (κ3) is 6.37. The number of hydrogen-bond donors (Lipinski definition) is 3. The van der Waals surface area contributed by atoms with Gasteiger partial charge in [-0.05, 0) is 56.5 Å². The maximum absolute atomic E-state index is 12.2. The molecule has 134 valence electrons. The van der Waals surface area contributed by atoms with Crippen LogP contribution in [-0.4, -0.2) is 50.6 Å². The molecule has 1 heterocycles. The number of rotatable bonds is 5. The number of nitrogens with zero attached hydrogens (tertiary/aromatic N) is 1. The van der Waals surface area contributed by atoms with E-state index in [1.807, 2.05) is 0 Å². The van der Waals surface area contributed by atoms with E-state index in [1.165, 1.54) is 17.7 Å². The van der Waals surface area contributed by atoms with Crippen molar-refractivity contribution in [2.45, 2.75) is 19.3 Å². The molecule has 3 amide bonds. The molecule has 1 unspecified atom stereocenters. The van der Waals surface area contributed by atoms with E-state index in [9.17, 15) is 9.59 Å². The number of hydrogen-bond acceptors (Lipinski definition) is 3. The predicted molar refractivity (Wildman–Crippen MR) is 98.9 cm³/mol. The molecule has 1 aromatic rings. The maximum atomic E-state index is 12.2. The van der Waals surface area contributed by atoms with Gasteiger partial charge in [-0.2, -0.15) is 0 Å². The normalized spacial score (nSPS) is 16.7. The Morgan fingerprint density at radius 2 is 2.12 bits per heavy atom. The molecule has 0 radical (unpaired) electrons. The summed E-state index contributed by atoms with van der Waals surface area (Å²) in [5.74, 6) is 0.546. The first-order chi connectivity index (χ1) is 11.1. The lowest BCUT2D eigenvalue weighted by molar-refractivity contribution is 0.0950. The van der Waals surface area contributed by atoms with Crippen LogP contribution < -0.4 is 16.0 Å². The van der Waals surface area contributed by atoms with E-state index in [4.69, 9.17) is 0 Å². The highest BCUT2D eigenvalue weighted by Crippen LogP contribution is 2.14. The van der Waals surface area contributed by atoms with E-state index in [1.54, 1.807) is 38.4 Å². The molecule has 2 rings (SSSR count). The molecule has 0 bridgehead atoms. The monoisotopic (exact) mass is 354 g/mol. The second kappa shape index (κ2) is 10.2. The van der Waals surface area contributed by atoms with Crippen molar-refractivity contribution < 1.29 is 9.59 Å². The fourth-order valence-electron chi connectivity index (χ4n) is 2.64. The predicted octanol–water partition coefficient (Wildman–Crippen LogP) is 2.32. The smallest absolute Gasteiger partial charge is 0.321 e. The van der Waals surface area contributed by atoms with Crippen molar-refractivity contribution in [2.75, 3.05) is 39.0 Å². The molecule has 1 aliphatic heterocycles. The minimum Gasteiger partial charge on any atom is -0.352 e. The van der Waals surface area contributed by atoms with Crippen LogP contribution in [0, 0.1) is 5.92 Å². The van der Waals surface area contributed by atoms with Crippen LogP contribution in [0.5, 0.6) is 0 Å². The number of urea groups is 1. The first-order valence-electron chi connectivity index (χ1n) is 8.13. The summed E-state index contributed by atoms with van der Waals surface area (Å²) >= 11 is 0. The standard InChI is InChI=1S/C17H26N4O2.ClH/c1-21(2)17(23)20-15-7-3-6-14(11-15)16(22)19-10-8-13-5-4-9-18-12-13;/h3,6-7,11,13,18H,4-5,8-10,12H2,1-2H3,(H,19,22)(H,20,23);1H. The number of carbonyl (C=O) groups excluding carboxylic acids is 2. The summed E-state index contributed by atoms with van der Waals surface area (Å²) in [5.41, 5.74) is 1.18. The van der Waals surface area contributed by atoms with E-state index < -0.39 is 0 Å². The second-order valence-electron chi connectivity index (χ2n) is 6.16. The lowest BCUT2D eigenvalue weighted by Gasteiger charge is -2.22. The maximum Gasteiger partial charge on any atom is 0.321 e. The largest absolute Gasteiger partial charge is 0.352 e. The zero-order valence-electron chi connectivity index (χ0n) is 14.3. The summed E-state index contributed by atoms with van der Waals surface area (Å²) in [6.07, 6.45) is 3.44. The number of amides is 3. The van der Waals surface area contributed by atoms with Crippen molar-refractivity contribution in [3.8, 4) is 0 Å². The van der Waals surface area contributed by atoms with Crippen LogP contribution in [0.25, 0.3) is 0 Å². The average Bonchev–Trinajstić information content (AvgIpc) is 2.56. The van der Waals surface area contributed by atoms with Crippen LogP contribution in [0.2, 0.25) is 0 Å². The van der Waals surface area contributed by atoms with Gasteiger partial charge in [-0.25, -0.2) is 4.79 Å². The summed E-state index contributed by atoms with van der Waals surface area (Å²) in [7, 11) is 3.35. The zero-order valence-corrected chi connectivity index (χ0v) is 15.1. The second-order valence-corrected chi connectivity index (χ2v) is 6.16. The SMILES string of the molecule is CN(C)C(=O)Nc1cccc(C(=O)NCCC2CCCNC2)c1.Cl. The quantitative estimate of drug-likeness (QED) is 0.759. The van der Waals surface area contributed by atoms with Gasteiger partial charge in [-0.15, -0.1) is 12.4 Å². The highest BCUT2D eigenvalue weighted by Gasteiger charge is 2.13. The Labute approximate surface area is 149 Å². The summed E-state index contributed by atoms with van der Waals surface area (Å²) in [4.78, 5) is 25.3. The minimum absolute atomic E-state index is 0. The van der Waals surface area contributed by atoms with Crippen LogP contribution in [0.4, 0.5) is 10.5 Å². The van der Waals surface area contributed by atoms with Crippen molar-refractivity contribution in [1.82, 2.24) is 15.5 Å². The Morgan fingerprint density at radius 1 is 1.33 bits per heavy atom. The molecule has 0 spiro atoms. The Morgan fingerprint density at radius 3 is 2.79 bits per heavy atom. The highest BCUT2D eigenvalue weighted by atomic mass is 35.5. The summed E-state index contributed by atoms with van der Waals surface area (Å²) in [6.45, 7) is 2.83. The fourth-order valence-corrected chi connectivity index (χ4v) is 2.64. The van der Waals surface area contributed by atoms with Gasteiger partial charge in [-0.3, -0.25) is 4.79 Å². The van der Waals surface area contributed by atoms with E-state index in [0.717, 1.165) is 19.5 Å². The summed E-state index contributed by atoms with van der Waals surface area (Å²) in [6, 6.07) is 6.77. The van der Waals surface area contributed by atoms with E-state index in [2.05, 4.69) is 16.0 Å². The first-order valence-corrected chi connectivity index (χ1v) is 8.13. The molecule has 6 nitrogen and oxygen atoms in total. The number of halogens is 1. The average molecular weight is 355 g/mol. The van der Waals surface area contributed by atoms with Gasteiger partial charge in [0.1, 0.15) is 0 Å². The van der Waals surface area contributed by atoms with Crippen LogP contribution >= 0.6 is 12.4 Å². The number of anilines is 1. The summed E-state index contributed by atoms with van der Waals surface area (Å²) in [5, 5.41) is 9.09. The molecular formula is C17H27ClN4O2. The molecule has 24 heavy (non-hydrogen) atoms. The van der Waals surface area contributed by atoms with Crippen molar-refractivity contribution in [3.63, 3.8) is 0 Å². The number of piperidine rings is 1. The first kappa shape index (κ1) is 20.3. The number of nitrogens with one attached hydrogen (secondary N) is 3. The molecule has 1 atom stereocenters.